The van der Waals surface area contributed by atoms with Crippen molar-refractivity contribution in [2.75, 3.05) is 30.4 Å². The van der Waals surface area contributed by atoms with Crippen LogP contribution >= 0.6 is 11.8 Å². The van der Waals surface area contributed by atoms with Gasteiger partial charge < -0.3 is 16.0 Å². The number of aromatic nitrogens is 3. The molecule has 1 atom stereocenters. The third kappa shape index (κ3) is 2.80. The van der Waals surface area contributed by atoms with Gasteiger partial charge in [0, 0.05) is 66.6 Å². The Morgan fingerprint density at radius 3 is 2.83 bits per heavy atom. The van der Waals surface area contributed by atoms with Crippen LogP contribution in [0.25, 0.3) is 11.1 Å². The Morgan fingerprint density at radius 1 is 1.20 bits per heavy atom. The second-order valence-corrected chi connectivity index (χ2v) is 9.59. The van der Waals surface area contributed by atoms with Crippen molar-refractivity contribution in [3.05, 3.63) is 54.0 Å². The second kappa shape index (κ2) is 6.68. The van der Waals surface area contributed by atoms with E-state index in [1.165, 1.54) is 29.5 Å². The minimum absolute atomic E-state index is 0.224. The minimum atomic E-state index is 0.224. The van der Waals surface area contributed by atoms with Gasteiger partial charge in [0.1, 0.15) is 5.82 Å². The van der Waals surface area contributed by atoms with Crippen LogP contribution in [0.5, 0.6) is 0 Å². The topological polar surface area (TPSA) is 80.0 Å². The summed E-state index contributed by atoms with van der Waals surface area (Å²) in [6.45, 7) is 1.86. The van der Waals surface area contributed by atoms with Gasteiger partial charge in [0.25, 0.3) is 0 Å². The third-order valence-electron chi connectivity index (χ3n) is 6.75. The highest BCUT2D eigenvalue weighted by Gasteiger charge is 2.54. The van der Waals surface area contributed by atoms with Crippen LogP contribution in [0.2, 0.25) is 0 Å². The van der Waals surface area contributed by atoms with Gasteiger partial charge in [-0.1, -0.05) is 12.1 Å². The van der Waals surface area contributed by atoms with E-state index >= 15 is 0 Å². The molecule has 1 aliphatic heterocycles. The summed E-state index contributed by atoms with van der Waals surface area (Å²) in [5, 5.41) is 4.12. The smallest absolute Gasteiger partial charge is 0.194 e. The summed E-state index contributed by atoms with van der Waals surface area (Å²) in [5.41, 5.74) is 12.8. The molecule has 6 nitrogen and oxygen atoms in total. The first-order valence-corrected chi connectivity index (χ1v) is 11.3. The largest absolute Gasteiger partial charge is 0.388 e. The molecule has 30 heavy (non-hydrogen) atoms. The van der Waals surface area contributed by atoms with Crippen molar-refractivity contribution in [2.45, 2.75) is 35.4 Å². The van der Waals surface area contributed by atoms with Crippen molar-refractivity contribution >= 4 is 23.3 Å². The van der Waals surface area contributed by atoms with Crippen LogP contribution in [-0.4, -0.2) is 41.1 Å². The molecule has 1 saturated heterocycles. The highest BCUT2D eigenvalue weighted by Crippen LogP contribution is 2.54. The summed E-state index contributed by atoms with van der Waals surface area (Å²) in [7, 11) is 1.98. The average Bonchev–Trinajstić information content (AvgIpc) is 3.34. The Hall–Kier alpha value is -2.64. The van der Waals surface area contributed by atoms with E-state index in [1.807, 2.05) is 25.4 Å². The first kappa shape index (κ1) is 18.2. The van der Waals surface area contributed by atoms with Crippen LogP contribution in [0.1, 0.15) is 24.1 Å². The van der Waals surface area contributed by atoms with Gasteiger partial charge in [-0.05, 0) is 53.9 Å². The van der Waals surface area contributed by atoms with Crippen LogP contribution < -0.4 is 16.0 Å². The molecule has 2 aromatic heterocycles. The zero-order valence-electron chi connectivity index (χ0n) is 16.9. The van der Waals surface area contributed by atoms with E-state index in [2.05, 4.69) is 33.4 Å². The van der Waals surface area contributed by atoms with Crippen molar-refractivity contribution < 1.29 is 0 Å². The van der Waals surface area contributed by atoms with Gasteiger partial charge in [-0.3, -0.25) is 4.98 Å². The van der Waals surface area contributed by atoms with E-state index in [0.29, 0.717) is 5.41 Å². The van der Waals surface area contributed by atoms with E-state index in [1.54, 1.807) is 18.0 Å². The van der Waals surface area contributed by atoms with Crippen molar-refractivity contribution in [3.8, 4) is 11.1 Å². The summed E-state index contributed by atoms with van der Waals surface area (Å²) >= 11 is 1.57. The first-order chi connectivity index (χ1) is 14.7. The van der Waals surface area contributed by atoms with Crippen LogP contribution in [-0.2, 0) is 6.42 Å². The van der Waals surface area contributed by atoms with Crippen molar-refractivity contribution in [3.63, 3.8) is 0 Å². The fourth-order valence-corrected chi connectivity index (χ4v) is 5.68. The van der Waals surface area contributed by atoms with Gasteiger partial charge in [0.05, 0.1) is 5.69 Å². The van der Waals surface area contributed by atoms with Gasteiger partial charge in [0.2, 0.25) is 0 Å². The maximum atomic E-state index is 6.54. The molecule has 0 bridgehead atoms. The van der Waals surface area contributed by atoms with E-state index in [0.717, 1.165) is 46.8 Å². The van der Waals surface area contributed by atoms with Crippen LogP contribution in [0.3, 0.4) is 0 Å². The van der Waals surface area contributed by atoms with E-state index in [9.17, 15) is 0 Å². The molecule has 7 heteroatoms. The zero-order valence-corrected chi connectivity index (χ0v) is 17.7. The van der Waals surface area contributed by atoms with Gasteiger partial charge in [-0.25, -0.2) is 9.97 Å². The van der Waals surface area contributed by atoms with Crippen molar-refractivity contribution in [1.29, 1.82) is 0 Å². The lowest BCUT2D eigenvalue weighted by Gasteiger charge is -2.21. The van der Waals surface area contributed by atoms with E-state index in [4.69, 9.17) is 15.7 Å². The molecule has 2 aliphatic carbocycles. The fourth-order valence-electron chi connectivity index (χ4n) is 4.92. The summed E-state index contributed by atoms with van der Waals surface area (Å²) in [4.78, 5) is 17.7. The number of anilines is 2. The Labute approximate surface area is 180 Å². The quantitative estimate of drug-likeness (QED) is 0.492. The number of rotatable bonds is 4. The Morgan fingerprint density at radius 2 is 2.10 bits per heavy atom. The zero-order chi connectivity index (χ0) is 20.3. The highest BCUT2D eigenvalue weighted by atomic mass is 32.2. The Bertz CT molecular complexity index is 1130. The molecule has 0 radical (unpaired) electrons. The molecule has 0 amide bonds. The summed E-state index contributed by atoms with van der Waals surface area (Å²) in [5.74, 6) is 1.04. The molecule has 1 aromatic carbocycles. The fraction of sp³-hybridized carbons (Fsp3) is 0.348. The average molecular weight is 417 g/mol. The molecule has 6 rings (SSSR count). The van der Waals surface area contributed by atoms with Crippen LogP contribution in [0.4, 0.5) is 11.5 Å². The number of nitrogens with two attached hydrogens (primary N) is 1. The Kier molecular flexibility index (Phi) is 4.05. The van der Waals surface area contributed by atoms with Gasteiger partial charge in [-0.15, -0.1) is 0 Å². The number of hydrogen-bond donors (Lipinski definition) is 2. The lowest BCUT2D eigenvalue weighted by molar-refractivity contribution is 0.499. The van der Waals surface area contributed by atoms with Crippen LogP contribution in [0, 0.1) is 5.41 Å². The third-order valence-corrected chi connectivity index (χ3v) is 7.59. The number of hydrogen-bond acceptors (Lipinski definition) is 7. The van der Waals surface area contributed by atoms with Gasteiger partial charge in [-0.2, -0.15) is 0 Å². The molecule has 3 aliphatic rings. The molecule has 2 fully saturated rings. The van der Waals surface area contributed by atoms with Gasteiger partial charge >= 0.3 is 0 Å². The summed E-state index contributed by atoms with van der Waals surface area (Å²) in [6.07, 6.45) is 6.93. The predicted molar refractivity (Wildman–Crippen MR) is 120 cm³/mol. The molecular weight excluding hydrogens is 392 g/mol. The molecule has 3 N–H and O–H groups in total. The predicted octanol–water partition coefficient (Wildman–Crippen LogP) is 3.56. The molecule has 1 spiro atoms. The van der Waals surface area contributed by atoms with Gasteiger partial charge in [0.15, 0.2) is 5.16 Å². The number of nitrogens with one attached hydrogen (secondary N) is 1. The molecule has 1 saturated carbocycles. The molecule has 1 unspecified atom stereocenters. The Balaban J connectivity index is 1.47. The number of fused-ring (bicyclic) bond motifs is 3. The molecule has 152 valence electrons. The SMILES string of the molecule is CNc1cccc2c1Cc1nc(Sc3cccnc3)nc(N3CC(N)C4(CC4)C3)c1-2. The van der Waals surface area contributed by atoms with Crippen molar-refractivity contribution in [1.82, 2.24) is 15.0 Å². The van der Waals surface area contributed by atoms with Crippen molar-refractivity contribution in [2.24, 2.45) is 11.1 Å². The summed E-state index contributed by atoms with van der Waals surface area (Å²) in [6, 6.07) is 10.7. The number of pyridine rings is 1. The van der Waals surface area contributed by atoms with E-state index in [-0.39, 0.29) is 6.04 Å². The molecule has 3 heterocycles. The molecule has 3 aromatic rings. The first-order valence-electron chi connectivity index (χ1n) is 10.5. The normalized spacial score (nSPS) is 20.3. The number of benzene rings is 1. The standard InChI is InChI=1S/C23H24N6S/c1-25-17-6-2-5-15-16(17)10-18-20(15)21(29-12-19(24)23(13-29)7-8-23)28-22(27-18)30-14-4-3-9-26-11-14/h2-6,9,11,19,25H,7-8,10,12-13,24H2,1H3. The lowest BCUT2D eigenvalue weighted by Crippen LogP contribution is -2.30. The maximum absolute atomic E-state index is 6.54. The molecular formula is C23H24N6S. The second-order valence-electron chi connectivity index (χ2n) is 8.55. The van der Waals surface area contributed by atoms with Crippen LogP contribution in [0.15, 0.2) is 52.8 Å². The summed E-state index contributed by atoms with van der Waals surface area (Å²) < 4.78 is 0. The monoisotopic (exact) mass is 416 g/mol. The lowest BCUT2D eigenvalue weighted by atomic mass is 10.0. The van der Waals surface area contributed by atoms with E-state index < -0.39 is 0 Å². The highest BCUT2D eigenvalue weighted by molar-refractivity contribution is 7.99. The maximum Gasteiger partial charge on any atom is 0.194 e. The number of nitrogens with zero attached hydrogens (tertiary/aromatic N) is 4. The minimum Gasteiger partial charge on any atom is -0.388 e.